The molecule has 1 aliphatic carbocycles. The van der Waals surface area contributed by atoms with Gasteiger partial charge in [0.1, 0.15) is 18.8 Å². The number of aromatic nitrogens is 3. The Hall–Kier alpha value is -4.61. The van der Waals surface area contributed by atoms with Crippen molar-refractivity contribution >= 4 is 76.9 Å². The van der Waals surface area contributed by atoms with Crippen molar-refractivity contribution in [3.8, 4) is 0 Å². The van der Waals surface area contributed by atoms with Gasteiger partial charge in [0.05, 0.1) is 7.11 Å². The van der Waals surface area contributed by atoms with E-state index in [9.17, 15) is 19.2 Å². The molecular weight excluding hydrogens is 777 g/mol. The van der Waals surface area contributed by atoms with Gasteiger partial charge in [-0.25, -0.2) is 0 Å². The molecule has 4 atom stereocenters. The van der Waals surface area contributed by atoms with Gasteiger partial charge >= 0.3 is 35.0 Å². The fourth-order valence-electron chi connectivity index (χ4n) is 9.09. The minimum Gasteiger partial charge on any atom is -0.664 e. The van der Waals surface area contributed by atoms with E-state index in [-0.39, 0.29) is 48.0 Å². The van der Waals surface area contributed by atoms with Crippen LogP contribution in [0, 0.1) is 43.4 Å². The molecule has 0 amide bonds. The number of carbonyl (C=O) groups is 4. The van der Waals surface area contributed by atoms with Crippen molar-refractivity contribution in [3.05, 3.63) is 102 Å². The molecule has 11 heteroatoms. The van der Waals surface area contributed by atoms with Gasteiger partial charge in [-0.05, 0) is 81.8 Å². The fraction of sp³-hybridized carbons (Fsp3) is 0.480. The molecule has 1 fully saturated rings. The fourth-order valence-corrected chi connectivity index (χ4v) is 9.09. The maximum atomic E-state index is 14.3. The number of Topliss-reactive ketones (excluding diaryl/α,β-unsaturated/α-hetero) is 1. The van der Waals surface area contributed by atoms with Gasteiger partial charge in [-0.15, -0.1) is 33.5 Å². The quantitative estimate of drug-likeness (QED) is 0.0434. The van der Waals surface area contributed by atoms with Gasteiger partial charge in [-0.1, -0.05) is 119 Å². The number of methoxy groups -OCH3 is 1. The zero-order valence-corrected chi connectivity index (χ0v) is 39.0. The summed E-state index contributed by atoms with van der Waals surface area (Å²) in [4.78, 5) is 68.8. The first-order valence-corrected chi connectivity index (χ1v) is 21.6. The summed E-state index contributed by atoms with van der Waals surface area (Å²) in [7, 11) is 1.26. The smallest absolute Gasteiger partial charge is 0.664 e. The normalized spacial score (nSPS) is 21.7. The third-order valence-electron chi connectivity index (χ3n) is 12.7. The van der Waals surface area contributed by atoms with E-state index in [1.165, 1.54) is 38.4 Å². The third kappa shape index (κ3) is 9.88. The van der Waals surface area contributed by atoms with Crippen molar-refractivity contribution < 1.29 is 28.7 Å². The van der Waals surface area contributed by atoms with Crippen molar-refractivity contribution in [2.75, 3.05) is 13.7 Å². The van der Waals surface area contributed by atoms with Gasteiger partial charge in [0.2, 0.25) is 0 Å². The second-order valence-corrected chi connectivity index (χ2v) is 17.3. The first-order chi connectivity index (χ1) is 28.7. The van der Waals surface area contributed by atoms with Gasteiger partial charge < -0.3 is 29.7 Å². The molecule has 1 saturated heterocycles. The Bertz CT molecular complexity index is 2400. The van der Waals surface area contributed by atoms with Crippen LogP contribution in [0.1, 0.15) is 159 Å². The number of ketones is 1. The Morgan fingerprint density at radius 3 is 2.30 bits per heavy atom. The monoisotopic (exact) mass is 836 g/mol. The summed E-state index contributed by atoms with van der Waals surface area (Å²) in [6.07, 6.45) is 18.1. The second kappa shape index (κ2) is 20.5. The molecule has 0 spiro atoms. The van der Waals surface area contributed by atoms with Crippen LogP contribution in [0.15, 0.2) is 29.6 Å². The predicted molar refractivity (Wildman–Crippen MR) is 242 cm³/mol. The average molecular weight is 837 g/mol. The Morgan fingerprint density at radius 1 is 0.918 bits per heavy atom. The number of hydrogen-bond donors (Lipinski definition) is 0. The number of fused-ring (bicyclic) bond motifs is 7. The van der Waals surface area contributed by atoms with Crippen LogP contribution in [0.5, 0.6) is 0 Å². The number of aldehydes is 1. The van der Waals surface area contributed by atoms with E-state index in [2.05, 4.69) is 41.2 Å². The summed E-state index contributed by atoms with van der Waals surface area (Å²) in [5, 5.41) is 6.56. The molecule has 61 heavy (non-hydrogen) atoms. The van der Waals surface area contributed by atoms with Crippen LogP contribution in [0.3, 0.4) is 0 Å². The largest absolute Gasteiger partial charge is 2.00 e. The zero-order valence-electron chi connectivity index (χ0n) is 37.6. The molecule has 8 bridgehead atoms. The van der Waals surface area contributed by atoms with E-state index < -0.39 is 23.6 Å². The molecule has 5 heterocycles. The molecule has 0 saturated carbocycles. The van der Waals surface area contributed by atoms with Gasteiger partial charge in [0.15, 0.2) is 5.78 Å². The minimum atomic E-state index is -1.27. The summed E-state index contributed by atoms with van der Waals surface area (Å²) >= 11 is 0. The third-order valence-corrected chi connectivity index (χ3v) is 12.7. The molecular formula is C50H60MgN4O6-2. The van der Waals surface area contributed by atoms with E-state index in [0.717, 1.165) is 36.2 Å². The van der Waals surface area contributed by atoms with Gasteiger partial charge in [-0.3, -0.25) is 19.2 Å². The van der Waals surface area contributed by atoms with E-state index in [1.54, 1.807) is 12.2 Å². The average Bonchev–Trinajstić information content (AvgIpc) is 3.96. The van der Waals surface area contributed by atoms with Crippen LogP contribution >= 0.6 is 0 Å². The van der Waals surface area contributed by atoms with Crippen LogP contribution in [0.25, 0.3) is 35.2 Å². The first-order valence-electron chi connectivity index (χ1n) is 21.6. The minimum absolute atomic E-state index is 0. The van der Waals surface area contributed by atoms with Crippen LogP contribution in [0.4, 0.5) is 0 Å². The molecule has 0 radical (unpaired) electrons. The van der Waals surface area contributed by atoms with Gasteiger partial charge in [0.25, 0.3) is 0 Å². The topological polar surface area (TPSA) is 143 Å². The van der Waals surface area contributed by atoms with E-state index >= 15 is 0 Å². The molecule has 3 aromatic heterocycles. The molecule has 0 unspecified atom stereocenters. The summed E-state index contributed by atoms with van der Waals surface area (Å²) in [5.41, 5.74) is 8.56. The van der Waals surface area contributed by atoms with E-state index in [0.29, 0.717) is 91.5 Å². The SMILES string of the molecule is C=Cc1c2[n-]c(c1C=O)/C=C1\[N-]/C(=C3\c4[n-]c(c(C)c4C(=O)[C@@H]3C(=O)OC)/C=c3\[n-]/c(c(C)c3CC)=C\2)[C@@H](CCC(=O)OC/C=C(\C)CCC[C@H](C)CCCC(C)C)[C@@H]1C.[Mg+2]. The van der Waals surface area contributed by atoms with Crippen LogP contribution in [-0.4, -0.2) is 60.8 Å². The van der Waals surface area contributed by atoms with E-state index in [4.69, 9.17) is 29.7 Å². The summed E-state index contributed by atoms with van der Waals surface area (Å²) in [6.45, 7) is 21.1. The van der Waals surface area contributed by atoms with Crippen molar-refractivity contribution in [2.45, 2.75) is 113 Å². The van der Waals surface area contributed by atoms with Crippen LogP contribution in [0.2, 0.25) is 0 Å². The van der Waals surface area contributed by atoms with Crippen molar-refractivity contribution in [2.24, 2.45) is 29.6 Å². The molecule has 0 aromatic carbocycles. The molecule has 320 valence electrons. The Morgan fingerprint density at radius 2 is 1.62 bits per heavy atom. The maximum absolute atomic E-state index is 14.3. The predicted octanol–water partition coefficient (Wildman–Crippen LogP) is 8.06. The molecule has 6 rings (SSSR count). The second-order valence-electron chi connectivity index (χ2n) is 17.3. The number of esters is 2. The number of allylic oxidation sites excluding steroid dienone is 3. The molecule has 0 N–H and O–H groups in total. The molecule has 10 nitrogen and oxygen atoms in total. The van der Waals surface area contributed by atoms with Crippen molar-refractivity contribution in [1.82, 2.24) is 15.0 Å². The Labute approximate surface area is 377 Å². The molecule has 2 aliphatic heterocycles. The summed E-state index contributed by atoms with van der Waals surface area (Å²) in [5.74, 6) is -1.98. The Balaban J connectivity index is 0.00000704. The van der Waals surface area contributed by atoms with Crippen molar-refractivity contribution in [3.63, 3.8) is 0 Å². The van der Waals surface area contributed by atoms with Crippen LogP contribution in [-0.2, 0) is 25.5 Å². The Kier molecular flexibility index (Phi) is 15.9. The number of hydrogen-bond acceptors (Lipinski definition) is 6. The van der Waals surface area contributed by atoms with Crippen molar-refractivity contribution in [1.29, 1.82) is 0 Å². The summed E-state index contributed by atoms with van der Waals surface area (Å²) < 4.78 is 10.9. The van der Waals surface area contributed by atoms with Gasteiger partial charge in [0, 0.05) is 17.5 Å². The summed E-state index contributed by atoms with van der Waals surface area (Å²) in [6, 6.07) is 0. The molecule has 3 aliphatic rings. The zero-order chi connectivity index (χ0) is 43.4. The first kappa shape index (κ1) is 47.4. The number of ether oxygens (including phenoxy) is 2. The van der Waals surface area contributed by atoms with Gasteiger partial charge in [-0.2, -0.15) is 11.4 Å². The number of rotatable bonds is 17. The maximum Gasteiger partial charge on any atom is 2.00 e. The van der Waals surface area contributed by atoms with E-state index in [1.807, 2.05) is 39.0 Å². The number of nitrogens with zero attached hydrogens (tertiary/aromatic N) is 4. The molecule has 3 aromatic rings. The standard InChI is InChI=1S/C50H62N4O6.Mg/c1-11-33-30(7)37-23-41-34(12-2)36(26-55)42(52-41)24-38-31(8)35(19-20-43(56)60-22-21-29(6)18-14-17-28(5)16-13-15-27(3)4)47(53-38)45-46(50(58)59-10)49(57)44-32(9)39(54-48(44)45)25-40(33)51-37;/h12,21,23-28,31,35,46H,2,11,13-20,22H2,1,3-10H3,(H2-,52,53,54,55,57);/q-2;+2/p-2/b29-21+,37-23-,40-25-;/t28-,31+,35+,46-;/m1./s1. The number of carbonyl (C=O) groups excluding carboxylic acids is 4. The van der Waals surface area contributed by atoms with Crippen LogP contribution < -0.4 is 25.7 Å².